The standard InChI is InChI=1S/C22H25N3O3/c1-25(2)19(20-8-5-11-27-20)14-23-22(26)18-13-21(28-24-18)17-10-9-15-6-3-4-7-16(15)12-17/h5,8-13,19H,3-4,6-7,14H2,1-2H3,(H,23,26)/t19-/m0/s1. The number of fused-ring (bicyclic) bond motifs is 1. The molecule has 1 atom stereocenters. The quantitative estimate of drug-likeness (QED) is 0.704. The third kappa shape index (κ3) is 3.87. The van der Waals surface area contributed by atoms with E-state index in [2.05, 4.69) is 22.6 Å². The number of amides is 1. The van der Waals surface area contributed by atoms with Crippen LogP contribution in [-0.4, -0.2) is 36.6 Å². The van der Waals surface area contributed by atoms with Gasteiger partial charge < -0.3 is 14.3 Å². The molecule has 0 aliphatic heterocycles. The Kier molecular flexibility index (Phi) is 5.30. The summed E-state index contributed by atoms with van der Waals surface area (Å²) < 4.78 is 10.9. The molecule has 1 aliphatic rings. The third-order valence-corrected chi connectivity index (χ3v) is 5.33. The highest BCUT2D eigenvalue weighted by molar-refractivity contribution is 5.93. The molecule has 0 fully saturated rings. The molecular weight excluding hydrogens is 354 g/mol. The van der Waals surface area contributed by atoms with Gasteiger partial charge in [0, 0.05) is 18.2 Å². The Labute approximate surface area is 164 Å². The predicted molar refractivity (Wildman–Crippen MR) is 106 cm³/mol. The molecule has 4 rings (SSSR count). The van der Waals surface area contributed by atoms with Crippen molar-refractivity contribution < 1.29 is 13.7 Å². The van der Waals surface area contributed by atoms with Crippen LogP contribution >= 0.6 is 0 Å². The first-order valence-corrected chi connectivity index (χ1v) is 9.69. The molecule has 6 heteroatoms. The largest absolute Gasteiger partial charge is 0.468 e. The van der Waals surface area contributed by atoms with E-state index in [0.29, 0.717) is 12.3 Å². The van der Waals surface area contributed by atoms with E-state index in [-0.39, 0.29) is 17.6 Å². The summed E-state index contributed by atoms with van der Waals surface area (Å²) in [6.07, 6.45) is 6.36. The maximum absolute atomic E-state index is 12.5. The average Bonchev–Trinajstić information content (AvgIpc) is 3.40. The number of furan rings is 1. The first-order valence-electron chi connectivity index (χ1n) is 9.69. The number of aryl methyl sites for hydroxylation is 2. The lowest BCUT2D eigenvalue weighted by atomic mass is 9.90. The fourth-order valence-corrected chi connectivity index (χ4v) is 3.70. The zero-order valence-corrected chi connectivity index (χ0v) is 16.3. The minimum Gasteiger partial charge on any atom is -0.468 e. The normalized spacial score (nSPS) is 14.7. The second-order valence-corrected chi connectivity index (χ2v) is 7.47. The maximum atomic E-state index is 12.5. The summed E-state index contributed by atoms with van der Waals surface area (Å²) in [5, 5.41) is 6.89. The molecule has 28 heavy (non-hydrogen) atoms. The van der Waals surface area contributed by atoms with Gasteiger partial charge >= 0.3 is 0 Å². The lowest BCUT2D eigenvalue weighted by molar-refractivity contribution is 0.0930. The van der Waals surface area contributed by atoms with Crippen molar-refractivity contribution in [2.45, 2.75) is 31.7 Å². The van der Waals surface area contributed by atoms with Crippen LogP contribution in [0.2, 0.25) is 0 Å². The average molecular weight is 379 g/mol. The van der Waals surface area contributed by atoms with Crippen molar-refractivity contribution in [2.24, 2.45) is 0 Å². The Morgan fingerprint density at radius 2 is 2.00 bits per heavy atom. The summed E-state index contributed by atoms with van der Waals surface area (Å²) in [5.41, 5.74) is 4.04. The number of aromatic nitrogens is 1. The number of hydrogen-bond acceptors (Lipinski definition) is 5. The Morgan fingerprint density at radius 3 is 2.75 bits per heavy atom. The highest BCUT2D eigenvalue weighted by Gasteiger charge is 2.20. The molecule has 0 spiro atoms. The molecule has 0 saturated heterocycles. The third-order valence-electron chi connectivity index (χ3n) is 5.33. The highest BCUT2D eigenvalue weighted by Crippen LogP contribution is 2.28. The summed E-state index contributed by atoms with van der Waals surface area (Å²) in [6, 6.07) is 11.8. The summed E-state index contributed by atoms with van der Waals surface area (Å²) in [4.78, 5) is 14.5. The number of rotatable bonds is 6. The molecule has 1 amide bonds. The summed E-state index contributed by atoms with van der Waals surface area (Å²) in [6.45, 7) is 0.417. The molecule has 6 nitrogen and oxygen atoms in total. The first-order chi connectivity index (χ1) is 13.6. The summed E-state index contributed by atoms with van der Waals surface area (Å²) in [5.74, 6) is 1.17. The molecule has 146 valence electrons. The molecule has 0 radical (unpaired) electrons. The molecule has 1 aliphatic carbocycles. The fourth-order valence-electron chi connectivity index (χ4n) is 3.70. The van der Waals surface area contributed by atoms with E-state index in [0.717, 1.165) is 24.2 Å². The van der Waals surface area contributed by atoms with E-state index >= 15 is 0 Å². The van der Waals surface area contributed by atoms with E-state index in [1.807, 2.05) is 37.2 Å². The van der Waals surface area contributed by atoms with Crippen molar-refractivity contribution in [1.82, 2.24) is 15.4 Å². The van der Waals surface area contributed by atoms with E-state index in [1.54, 1.807) is 12.3 Å². The lowest BCUT2D eigenvalue weighted by Gasteiger charge is -2.22. The lowest BCUT2D eigenvalue weighted by Crippen LogP contribution is -2.34. The summed E-state index contributed by atoms with van der Waals surface area (Å²) in [7, 11) is 3.90. The SMILES string of the molecule is CN(C)[C@@H](CNC(=O)c1cc(-c2ccc3c(c2)CCCC3)on1)c1ccco1. The van der Waals surface area contributed by atoms with Gasteiger partial charge in [0.1, 0.15) is 5.76 Å². The number of carbonyl (C=O) groups excluding carboxylic acids is 1. The monoisotopic (exact) mass is 379 g/mol. The Hall–Kier alpha value is -2.86. The second kappa shape index (κ2) is 8.02. The molecule has 0 bridgehead atoms. The van der Waals surface area contributed by atoms with Gasteiger partial charge in [0.15, 0.2) is 11.5 Å². The number of nitrogens with zero attached hydrogens (tertiary/aromatic N) is 2. The highest BCUT2D eigenvalue weighted by atomic mass is 16.5. The Morgan fingerprint density at radius 1 is 1.18 bits per heavy atom. The fraction of sp³-hybridized carbons (Fsp3) is 0.364. The van der Waals surface area contributed by atoms with Gasteiger partial charge in [-0.2, -0.15) is 0 Å². The maximum Gasteiger partial charge on any atom is 0.273 e. The van der Waals surface area contributed by atoms with Gasteiger partial charge in [-0.25, -0.2) is 0 Å². The number of benzene rings is 1. The van der Waals surface area contributed by atoms with Crippen LogP contribution < -0.4 is 5.32 Å². The summed E-state index contributed by atoms with van der Waals surface area (Å²) >= 11 is 0. The van der Waals surface area contributed by atoms with Crippen LogP contribution in [0.3, 0.4) is 0 Å². The van der Waals surface area contributed by atoms with Crippen molar-refractivity contribution in [3.63, 3.8) is 0 Å². The van der Waals surface area contributed by atoms with Gasteiger partial charge in [0.2, 0.25) is 0 Å². The van der Waals surface area contributed by atoms with E-state index in [4.69, 9.17) is 8.94 Å². The van der Waals surface area contributed by atoms with Crippen LogP contribution in [0.5, 0.6) is 0 Å². The first kappa shape index (κ1) is 18.5. The molecule has 0 unspecified atom stereocenters. The van der Waals surface area contributed by atoms with Crippen LogP contribution in [0.4, 0.5) is 0 Å². The Balaban J connectivity index is 1.44. The van der Waals surface area contributed by atoms with Gasteiger partial charge in [-0.15, -0.1) is 0 Å². The van der Waals surface area contributed by atoms with Gasteiger partial charge in [0.25, 0.3) is 5.91 Å². The van der Waals surface area contributed by atoms with E-state index < -0.39 is 0 Å². The van der Waals surface area contributed by atoms with Gasteiger partial charge in [-0.3, -0.25) is 9.69 Å². The molecule has 1 N–H and O–H groups in total. The number of carbonyl (C=O) groups is 1. The van der Waals surface area contributed by atoms with Crippen LogP contribution in [0.25, 0.3) is 11.3 Å². The van der Waals surface area contributed by atoms with E-state index in [9.17, 15) is 4.79 Å². The number of hydrogen-bond donors (Lipinski definition) is 1. The van der Waals surface area contributed by atoms with Crippen molar-refractivity contribution >= 4 is 5.91 Å². The zero-order valence-electron chi connectivity index (χ0n) is 16.3. The topological polar surface area (TPSA) is 71.5 Å². The molecule has 2 aromatic heterocycles. The minimum absolute atomic E-state index is 0.0500. The van der Waals surface area contributed by atoms with Crippen LogP contribution in [-0.2, 0) is 12.8 Å². The molecule has 3 aromatic rings. The molecule has 0 saturated carbocycles. The zero-order chi connectivity index (χ0) is 19.5. The molecule has 2 heterocycles. The van der Waals surface area contributed by atoms with Gasteiger partial charge in [-0.1, -0.05) is 17.3 Å². The number of nitrogens with one attached hydrogen (secondary N) is 1. The Bertz CT molecular complexity index is 944. The van der Waals surface area contributed by atoms with Gasteiger partial charge in [0.05, 0.1) is 12.3 Å². The van der Waals surface area contributed by atoms with Crippen molar-refractivity contribution in [1.29, 1.82) is 0 Å². The number of likely N-dealkylation sites (N-methyl/N-ethyl adjacent to an activating group) is 1. The minimum atomic E-state index is -0.258. The van der Waals surface area contributed by atoms with Crippen molar-refractivity contribution in [3.05, 3.63) is 65.2 Å². The van der Waals surface area contributed by atoms with Crippen molar-refractivity contribution in [3.8, 4) is 11.3 Å². The molecule has 1 aromatic carbocycles. The van der Waals surface area contributed by atoms with Crippen LogP contribution in [0.15, 0.2) is 51.6 Å². The predicted octanol–water partition coefficient (Wildman–Crippen LogP) is 3.85. The van der Waals surface area contributed by atoms with Crippen LogP contribution in [0.1, 0.15) is 46.3 Å². The van der Waals surface area contributed by atoms with Gasteiger partial charge in [-0.05, 0) is 69.1 Å². The van der Waals surface area contributed by atoms with Crippen LogP contribution in [0, 0.1) is 0 Å². The van der Waals surface area contributed by atoms with Crippen molar-refractivity contribution in [2.75, 3.05) is 20.6 Å². The smallest absolute Gasteiger partial charge is 0.273 e. The molecular formula is C22H25N3O3. The van der Waals surface area contributed by atoms with E-state index in [1.165, 1.54) is 24.0 Å². The second-order valence-electron chi connectivity index (χ2n) is 7.47.